The normalized spacial score (nSPS) is 16.0. The lowest BCUT2D eigenvalue weighted by molar-refractivity contribution is -0.147. The van der Waals surface area contributed by atoms with Crippen molar-refractivity contribution in [1.82, 2.24) is 15.2 Å². The molecule has 26 heavy (non-hydrogen) atoms. The Hall–Kier alpha value is -1.97. The fourth-order valence-electron chi connectivity index (χ4n) is 2.51. The molecule has 1 aliphatic rings. The predicted octanol–water partition coefficient (Wildman–Crippen LogP) is 1.95. The van der Waals surface area contributed by atoms with Crippen molar-refractivity contribution in [2.45, 2.75) is 31.7 Å². The molecule has 1 fully saturated rings. The number of nitrogens with one attached hydrogen (secondary N) is 1. The maximum Gasteiger partial charge on any atom is 0.421 e. The Bertz CT molecular complexity index is 651. The number of likely N-dealkylation sites (tertiary alicyclic amines) is 1. The third kappa shape index (κ3) is 5.26. The van der Waals surface area contributed by atoms with Crippen LogP contribution in [-0.4, -0.2) is 58.9 Å². The summed E-state index contributed by atoms with van der Waals surface area (Å²) in [5.74, 6) is -0.349. The molecule has 2 rings (SSSR count). The van der Waals surface area contributed by atoms with Crippen molar-refractivity contribution < 1.29 is 27.5 Å². The summed E-state index contributed by atoms with van der Waals surface area (Å²) in [5.41, 5.74) is -0.944. The molecule has 6 nitrogen and oxygen atoms in total. The van der Waals surface area contributed by atoms with Crippen LogP contribution < -0.4 is 10.1 Å². The van der Waals surface area contributed by atoms with Crippen LogP contribution in [0.5, 0.6) is 5.88 Å². The highest BCUT2D eigenvalue weighted by Gasteiger charge is 2.39. The van der Waals surface area contributed by atoms with E-state index in [1.54, 1.807) is 11.8 Å². The molecule has 0 bridgehead atoms. The van der Waals surface area contributed by atoms with E-state index in [0.29, 0.717) is 12.2 Å². The van der Waals surface area contributed by atoms with Crippen LogP contribution in [0.4, 0.5) is 13.2 Å². The van der Waals surface area contributed by atoms with Gasteiger partial charge >= 0.3 is 6.18 Å². The zero-order valence-corrected chi connectivity index (χ0v) is 15.2. The summed E-state index contributed by atoms with van der Waals surface area (Å²) in [6, 6.07) is 1.45. The van der Waals surface area contributed by atoms with Gasteiger partial charge in [-0.2, -0.15) is 24.9 Å². The minimum atomic E-state index is -4.56. The maximum atomic E-state index is 12.9. The van der Waals surface area contributed by atoms with E-state index in [2.05, 4.69) is 10.3 Å². The highest BCUT2D eigenvalue weighted by molar-refractivity contribution is 7.98. The molecule has 2 heterocycles. The van der Waals surface area contributed by atoms with E-state index in [1.807, 2.05) is 6.26 Å². The first-order chi connectivity index (χ1) is 12.2. The first kappa shape index (κ1) is 20.3. The number of carbonyl (C=O) groups excluding carboxylic acids is 2. The average Bonchev–Trinajstić information content (AvgIpc) is 2.53. The number of amides is 2. The number of thioether (sulfide) groups is 1. The topological polar surface area (TPSA) is 71.5 Å². The summed E-state index contributed by atoms with van der Waals surface area (Å²) in [4.78, 5) is 28.8. The Morgan fingerprint density at radius 1 is 1.46 bits per heavy atom. The van der Waals surface area contributed by atoms with E-state index < -0.39 is 29.8 Å². The molecule has 10 heteroatoms. The molecule has 0 saturated carbocycles. The van der Waals surface area contributed by atoms with Gasteiger partial charge in [-0.05, 0) is 30.6 Å². The molecule has 2 amide bonds. The molecule has 1 aliphatic heterocycles. The number of ether oxygens (including phenoxy) is 1. The number of aromatic nitrogens is 1. The molecule has 1 atom stereocenters. The highest BCUT2D eigenvalue weighted by atomic mass is 32.2. The molecule has 0 radical (unpaired) electrons. The smallest absolute Gasteiger partial charge is 0.421 e. The second kappa shape index (κ2) is 8.61. The number of nitrogens with zero attached hydrogens (tertiary/aromatic N) is 2. The van der Waals surface area contributed by atoms with Crippen molar-refractivity contribution in [1.29, 1.82) is 0 Å². The number of carbonyl (C=O) groups is 2. The number of pyridine rings is 1. The van der Waals surface area contributed by atoms with Crippen LogP contribution in [0.15, 0.2) is 18.3 Å². The summed E-state index contributed by atoms with van der Waals surface area (Å²) >= 11 is 1.56. The van der Waals surface area contributed by atoms with Gasteiger partial charge in [-0.15, -0.1) is 0 Å². The molecule has 1 aromatic heterocycles. The van der Waals surface area contributed by atoms with Crippen LogP contribution in [0, 0.1) is 0 Å². The molecule has 1 N–H and O–H groups in total. The Labute approximate surface area is 153 Å². The van der Waals surface area contributed by atoms with Crippen molar-refractivity contribution in [2.75, 3.05) is 25.1 Å². The predicted molar refractivity (Wildman–Crippen MR) is 90.8 cm³/mol. The fraction of sp³-hybridized carbons (Fsp3) is 0.562. The van der Waals surface area contributed by atoms with Crippen LogP contribution in [0.25, 0.3) is 0 Å². The van der Waals surface area contributed by atoms with E-state index in [4.69, 9.17) is 4.74 Å². The van der Waals surface area contributed by atoms with Crippen LogP contribution in [0.1, 0.15) is 18.9 Å². The van der Waals surface area contributed by atoms with E-state index >= 15 is 0 Å². The van der Waals surface area contributed by atoms with Gasteiger partial charge in [0.05, 0.1) is 13.1 Å². The molecule has 0 aromatic carbocycles. The largest absolute Gasteiger partial charge is 0.470 e. The molecule has 1 saturated heterocycles. The number of rotatable bonds is 7. The molecule has 144 valence electrons. The Morgan fingerprint density at radius 3 is 2.73 bits per heavy atom. The maximum absolute atomic E-state index is 12.9. The third-order valence-electron chi connectivity index (χ3n) is 3.80. The summed E-state index contributed by atoms with van der Waals surface area (Å²) < 4.78 is 44.1. The van der Waals surface area contributed by atoms with E-state index in [-0.39, 0.29) is 24.9 Å². The van der Waals surface area contributed by atoms with Gasteiger partial charge in [-0.1, -0.05) is 0 Å². The first-order valence-corrected chi connectivity index (χ1v) is 9.35. The van der Waals surface area contributed by atoms with Crippen molar-refractivity contribution in [3.05, 3.63) is 23.9 Å². The summed E-state index contributed by atoms with van der Waals surface area (Å²) in [5, 5.41) is 2.61. The molecular formula is C16H20F3N3O3S. The van der Waals surface area contributed by atoms with Gasteiger partial charge in [-0.25, -0.2) is 4.98 Å². The van der Waals surface area contributed by atoms with E-state index in [9.17, 15) is 22.8 Å². The van der Waals surface area contributed by atoms with Crippen molar-refractivity contribution >= 4 is 23.6 Å². The van der Waals surface area contributed by atoms with E-state index in [1.165, 1.54) is 24.1 Å². The van der Waals surface area contributed by atoms with Crippen molar-refractivity contribution in [3.63, 3.8) is 0 Å². The quantitative estimate of drug-likeness (QED) is 0.769. The second-order valence-corrected chi connectivity index (χ2v) is 6.86. The average molecular weight is 391 g/mol. The lowest BCUT2D eigenvalue weighted by Gasteiger charge is -2.40. The zero-order valence-electron chi connectivity index (χ0n) is 14.4. The first-order valence-electron chi connectivity index (χ1n) is 7.96. The van der Waals surface area contributed by atoms with Gasteiger partial charge in [0.25, 0.3) is 0 Å². The number of hydrogen-bond acceptors (Lipinski definition) is 5. The lowest BCUT2D eigenvalue weighted by Crippen LogP contribution is -2.61. The Kier molecular flexibility index (Phi) is 6.74. The Morgan fingerprint density at radius 2 is 2.15 bits per heavy atom. The number of hydrogen-bond donors (Lipinski definition) is 1. The van der Waals surface area contributed by atoms with Gasteiger partial charge < -0.3 is 15.0 Å². The summed E-state index contributed by atoms with van der Waals surface area (Å²) in [6.07, 6.45) is -1.51. The van der Waals surface area contributed by atoms with Crippen LogP contribution in [0.3, 0.4) is 0 Å². The highest BCUT2D eigenvalue weighted by Crippen LogP contribution is 2.35. The van der Waals surface area contributed by atoms with Crippen LogP contribution in [0.2, 0.25) is 0 Å². The van der Waals surface area contributed by atoms with E-state index in [0.717, 1.165) is 6.07 Å². The third-order valence-corrected chi connectivity index (χ3v) is 4.44. The van der Waals surface area contributed by atoms with Crippen molar-refractivity contribution in [2.24, 2.45) is 0 Å². The SMILES string of the molecule is CSCCC(NC(C)=O)C(=O)N1CC(Oc2ncccc2C(F)(F)F)C1. The van der Waals surface area contributed by atoms with Crippen LogP contribution in [-0.2, 0) is 15.8 Å². The van der Waals surface area contributed by atoms with Gasteiger partial charge in [0, 0.05) is 13.1 Å². The van der Waals surface area contributed by atoms with Gasteiger partial charge in [-0.3, -0.25) is 9.59 Å². The Balaban J connectivity index is 1.94. The van der Waals surface area contributed by atoms with Gasteiger partial charge in [0.2, 0.25) is 17.7 Å². The molecule has 1 aromatic rings. The molecule has 0 spiro atoms. The summed E-state index contributed by atoms with van der Waals surface area (Å²) in [7, 11) is 0. The standard InChI is InChI=1S/C16H20F3N3O3S/c1-10(23)21-13(5-7-26-2)15(24)22-8-11(9-22)25-14-12(16(17,18)19)4-3-6-20-14/h3-4,6,11,13H,5,7-9H2,1-2H3,(H,21,23). The molecule has 0 aliphatic carbocycles. The number of halogens is 3. The minimum absolute atomic E-state index is 0.155. The van der Waals surface area contributed by atoms with Gasteiger partial charge in [0.1, 0.15) is 17.7 Å². The minimum Gasteiger partial charge on any atom is -0.470 e. The summed E-state index contributed by atoms with van der Waals surface area (Å²) in [6.45, 7) is 1.64. The molecule has 1 unspecified atom stereocenters. The van der Waals surface area contributed by atoms with Gasteiger partial charge in [0.15, 0.2) is 0 Å². The monoisotopic (exact) mass is 391 g/mol. The fourth-order valence-corrected chi connectivity index (χ4v) is 2.98. The van der Waals surface area contributed by atoms with Crippen molar-refractivity contribution in [3.8, 4) is 5.88 Å². The second-order valence-electron chi connectivity index (χ2n) is 5.87. The number of alkyl halides is 3. The molecular weight excluding hydrogens is 371 g/mol. The van der Waals surface area contributed by atoms with Crippen LogP contribution >= 0.6 is 11.8 Å². The zero-order chi connectivity index (χ0) is 19.3. The lowest BCUT2D eigenvalue weighted by atomic mass is 10.1.